The van der Waals surface area contributed by atoms with Gasteiger partial charge in [-0.2, -0.15) is 0 Å². The third-order valence-electron chi connectivity index (χ3n) is 7.96. The molecule has 1 atom stereocenters. The predicted octanol–water partition coefficient (Wildman–Crippen LogP) is 5.17. The molecule has 1 fully saturated rings. The Labute approximate surface area is 232 Å². The first-order valence-electron chi connectivity index (χ1n) is 13.4. The number of hydrogen-bond acceptors (Lipinski definition) is 5. The first-order valence-corrected chi connectivity index (χ1v) is 13.4. The van der Waals surface area contributed by atoms with Crippen molar-refractivity contribution in [2.75, 3.05) is 54.1 Å². The summed E-state index contributed by atoms with van der Waals surface area (Å²) in [4.78, 5) is 17.8. The molecule has 0 bridgehead atoms. The molecule has 2 heterocycles. The lowest BCUT2D eigenvalue weighted by molar-refractivity contribution is -0.131. The topological polar surface area (TPSA) is 51.2 Å². The second-order valence-corrected chi connectivity index (χ2v) is 10.3. The van der Waals surface area contributed by atoms with E-state index in [4.69, 9.17) is 14.2 Å². The minimum Gasteiger partial charge on any atom is -0.497 e. The maximum atomic E-state index is 13.2. The van der Waals surface area contributed by atoms with E-state index in [-0.39, 0.29) is 18.3 Å². The zero-order valence-electron chi connectivity index (χ0n) is 22.7. The minimum atomic E-state index is 0. The van der Waals surface area contributed by atoms with Crippen LogP contribution >= 0.6 is 12.4 Å². The van der Waals surface area contributed by atoms with Gasteiger partial charge in [0.25, 0.3) is 0 Å². The van der Waals surface area contributed by atoms with E-state index >= 15 is 0 Å². The summed E-state index contributed by atoms with van der Waals surface area (Å²) in [6.07, 6.45) is 4.70. The molecule has 38 heavy (non-hydrogen) atoms. The number of amides is 1. The molecule has 1 saturated heterocycles. The average Bonchev–Trinajstić information content (AvgIpc) is 3.08. The summed E-state index contributed by atoms with van der Waals surface area (Å²) < 4.78 is 16.3. The van der Waals surface area contributed by atoms with Crippen molar-refractivity contribution >= 4 is 29.1 Å². The fraction of sp³-hybridized carbons (Fsp3) is 0.452. The Balaban J connectivity index is 0.00000336. The molecule has 0 spiro atoms. The molecule has 3 aromatic rings. The molecule has 2 aliphatic heterocycles. The van der Waals surface area contributed by atoms with Crippen LogP contribution in [0.5, 0.6) is 17.2 Å². The minimum absolute atomic E-state index is 0. The molecule has 204 valence electrons. The SMILES string of the molecule is COc1ccc2cc(CCN3CCCC(CN4CCc5cc(OC)c(OC)cc5CC4=O)C3)ccc2c1.Cl. The zero-order chi connectivity index (χ0) is 25.8. The Hall–Kier alpha value is -2.96. The summed E-state index contributed by atoms with van der Waals surface area (Å²) in [5.41, 5.74) is 3.61. The summed E-state index contributed by atoms with van der Waals surface area (Å²) >= 11 is 0. The summed E-state index contributed by atoms with van der Waals surface area (Å²) in [6.45, 7) is 4.86. The van der Waals surface area contributed by atoms with Crippen LogP contribution in [0.1, 0.15) is 29.5 Å². The molecular weight excluding hydrogens is 500 g/mol. The largest absolute Gasteiger partial charge is 0.497 e. The number of carbonyl (C=O) groups excluding carboxylic acids is 1. The van der Waals surface area contributed by atoms with Crippen LogP contribution in [0, 0.1) is 5.92 Å². The number of carbonyl (C=O) groups is 1. The van der Waals surface area contributed by atoms with Gasteiger partial charge in [-0.3, -0.25) is 4.79 Å². The third-order valence-corrected chi connectivity index (χ3v) is 7.96. The lowest BCUT2D eigenvalue weighted by Gasteiger charge is -2.35. The first kappa shape index (κ1) is 28.1. The number of nitrogens with zero attached hydrogens (tertiary/aromatic N) is 2. The Morgan fingerprint density at radius 1 is 0.868 bits per heavy atom. The molecule has 5 rings (SSSR count). The van der Waals surface area contributed by atoms with Crippen molar-refractivity contribution in [3.8, 4) is 17.2 Å². The Kier molecular flexibility index (Phi) is 9.40. The maximum Gasteiger partial charge on any atom is 0.227 e. The van der Waals surface area contributed by atoms with E-state index in [1.165, 1.54) is 34.7 Å². The number of benzene rings is 3. The average molecular weight is 539 g/mol. The third kappa shape index (κ3) is 6.36. The highest BCUT2D eigenvalue weighted by atomic mass is 35.5. The summed E-state index contributed by atoms with van der Waals surface area (Å²) in [6, 6.07) is 17.0. The molecule has 6 nitrogen and oxygen atoms in total. The van der Waals surface area contributed by atoms with Gasteiger partial charge in [0.05, 0.1) is 27.8 Å². The molecule has 2 aliphatic rings. The number of hydrogen-bond donors (Lipinski definition) is 0. The van der Waals surface area contributed by atoms with Crippen LogP contribution in [-0.4, -0.2) is 69.8 Å². The quantitative estimate of drug-likeness (QED) is 0.396. The molecule has 0 aliphatic carbocycles. The Morgan fingerprint density at radius 2 is 1.61 bits per heavy atom. The number of halogens is 1. The van der Waals surface area contributed by atoms with E-state index in [2.05, 4.69) is 40.1 Å². The van der Waals surface area contributed by atoms with Crippen molar-refractivity contribution in [1.29, 1.82) is 0 Å². The van der Waals surface area contributed by atoms with E-state index in [0.29, 0.717) is 18.1 Å². The fourth-order valence-corrected chi connectivity index (χ4v) is 5.87. The van der Waals surface area contributed by atoms with E-state index in [1.807, 2.05) is 18.2 Å². The highest BCUT2D eigenvalue weighted by Crippen LogP contribution is 2.33. The molecule has 3 aromatic carbocycles. The highest BCUT2D eigenvalue weighted by molar-refractivity contribution is 5.85. The van der Waals surface area contributed by atoms with Crippen LogP contribution in [0.25, 0.3) is 10.8 Å². The molecule has 0 radical (unpaired) electrons. The van der Waals surface area contributed by atoms with Gasteiger partial charge in [-0.05, 0) is 89.9 Å². The van der Waals surface area contributed by atoms with Crippen LogP contribution in [0.15, 0.2) is 48.5 Å². The second-order valence-electron chi connectivity index (χ2n) is 10.3. The van der Waals surface area contributed by atoms with Crippen molar-refractivity contribution in [2.45, 2.75) is 32.1 Å². The van der Waals surface area contributed by atoms with Crippen molar-refractivity contribution in [2.24, 2.45) is 5.92 Å². The van der Waals surface area contributed by atoms with Gasteiger partial charge in [-0.25, -0.2) is 0 Å². The second kappa shape index (κ2) is 12.7. The van der Waals surface area contributed by atoms with Gasteiger partial charge in [-0.1, -0.05) is 24.3 Å². The van der Waals surface area contributed by atoms with Gasteiger partial charge in [0.15, 0.2) is 11.5 Å². The Morgan fingerprint density at radius 3 is 2.37 bits per heavy atom. The van der Waals surface area contributed by atoms with Crippen LogP contribution in [0.3, 0.4) is 0 Å². The van der Waals surface area contributed by atoms with Gasteiger partial charge in [0.2, 0.25) is 5.91 Å². The smallest absolute Gasteiger partial charge is 0.227 e. The van der Waals surface area contributed by atoms with Crippen molar-refractivity contribution in [3.05, 3.63) is 65.2 Å². The fourth-order valence-electron chi connectivity index (χ4n) is 5.87. The maximum absolute atomic E-state index is 13.2. The summed E-state index contributed by atoms with van der Waals surface area (Å²) in [7, 11) is 5.00. The predicted molar refractivity (Wildman–Crippen MR) is 154 cm³/mol. The number of methoxy groups -OCH3 is 3. The van der Waals surface area contributed by atoms with E-state index < -0.39 is 0 Å². The van der Waals surface area contributed by atoms with Crippen molar-refractivity contribution in [3.63, 3.8) is 0 Å². The summed E-state index contributed by atoms with van der Waals surface area (Å²) in [5, 5.41) is 2.47. The van der Waals surface area contributed by atoms with Gasteiger partial charge < -0.3 is 24.0 Å². The number of piperidine rings is 1. The molecule has 1 unspecified atom stereocenters. The number of ether oxygens (including phenoxy) is 3. The van der Waals surface area contributed by atoms with E-state index in [9.17, 15) is 4.79 Å². The lowest BCUT2D eigenvalue weighted by atomic mass is 9.96. The lowest BCUT2D eigenvalue weighted by Crippen LogP contribution is -2.44. The van der Waals surface area contributed by atoms with Gasteiger partial charge in [0, 0.05) is 26.2 Å². The zero-order valence-corrected chi connectivity index (χ0v) is 23.5. The number of rotatable bonds is 8. The molecule has 0 saturated carbocycles. The Bertz CT molecular complexity index is 1260. The van der Waals surface area contributed by atoms with Crippen LogP contribution in [0.4, 0.5) is 0 Å². The molecule has 0 N–H and O–H groups in total. The molecular formula is C31H39ClN2O4. The van der Waals surface area contributed by atoms with Crippen LogP contribution < -0.4 is 14.2 Å². The van der Waals surface area contributed by atoms with Crippen molar-refractivity contribution in [1.82, 2.24) is 9.80 Å². The van der Waals surface area contributed by atoms with Crippen molar-refractivity contribution < 1.29 is 19.0 Å². The van der Waals surface area contributed by atoms with Gasteiger partial charge >= 0.3 is 0 Å². The standard InChI is InChI=1S/C31H38N2O4.ClH/c1-35-28-9-8-24-15-22(6-7-25(24)16-28)10-13-32-12-4-5-23(20-32)21-33-14-11-26-17-29(36-2)30(37-3)18-27(26)19-31(33)34;/h6-9,15-18,23H,4-5,10-14,19-21H2,1-3H3;1H. The molecule has 7 heteroatoms. The molecule has 0 aromatic heterocycles. The number of fused-ring (bicyclic) bond motifs is 2. The van der Waals surface area contributed by atoms with Crippen LogP contribution in [0.2, 0.25) is 0 Å². The van der Waals surface area contributed by atoms with Gasteiger partial charge in [0.1, 0.15) is 5.75 Å². The van der Waals surface area contributed by atoms with Gasteiger partial charge in [-0.15, -0.1) is 12.4 Å². The van der Waals surface area contributed by atoms with E-state index in [1.54, 1.807) is 21.3 Å². The first-order chi connectivity index (χ1) is 18.1. The monoisotopic (exact) mass is 538 g/mol. The van der Waals surface area contributed by atoms with Crippen LogP contribution in [-0.2, 0) is 24.1 Å². The number of likely N-dealkylation sites (tertiary alicyclic amines) is 1. The highest BCUT2D eigenvalue weighted by Gasteiger charge is 2.27. The molecule has 1 amide bonds. The van der Waals surface area contributed by atoms with E-state index in [0.717, 1.165) is 62.6 Å². The summed E-state index contributed by atoms with van der Waals surface area (Å²) in [5.74, 6) is 3.06. The normalized spacial score (nSPS) is 17.9.